The van der Waals surface area contributed by atoms with Gasteiger partial charge in [0.25, 0.3) is 5.91 Å². The molecule has 1 saturated heterocycles. The van der Waals surface area contributed by atoms with Gasteiger partial charge in [0.1, 0.15) is 30.6 Å². The van der Waals surface area contributed by atoms with Gasteiger partial charge < -0.3 is 30.2 Å². The minimum Gasteiger partial charge on any atom is -0.474 e. The number of amides is 1. The van der Waals surface area contributed by atoms with Crippen molar-refractivity contribution in [3.05, 3.63) is 41.7 Å². The number of primary amides is 1. The highest BCUT2D eigenvalue weighted by molar-refractivity contribution is 5.90. The van der Waals surface area contributed by atoms with Crippen LogP contribution >= 0.6 is 0 Å². The Kier molecular flexibility index (Phi) is 6.34. The summed E-state index contributed by atoms with van der Waals surface area (Å²) in [4.78, 5) is 14.3. The summed E-state index contributed by atoms with van der Waals surface area (Å²) in [5.41, 5.74) is 3.84. The molecule has 0 aromatic carbocycles. The molecule has 13 heteroatoms. The molecule has 1 amide bonds. The van der Waals surface area contributed by atoms with Crippen molar-refractivity contribution in [1.82, 2.24) is 15.2 Å². The number of nitrogens with two attached hydrogens (primary N) is 1. The molecule has 10 nitrogen and oxygen atoms in total. The van der Waals surface area contributed by atoms with E-state index < -0.39 is 42.2 Å². The standard InChI is InChI=1S/C17H17F3N4O6/c18-17(19,20)11-2-1-3-12(22-11)30-10-7-28-9(14(25)15(10)26)6-29-13-5-4-8(16(21)27)23-24-13/h1-5,9-10,14-15,25-26H,6-7H2,(H2,21,27)/t9-,10+,14+,15-/m1/s1. The second-order valence-corrected chi connectivity index (χ2v) is 6.30. The molecule has 4 atom stereocenters. The lowest BCUT2D eigenvalue weighted by molar-refractivity contribution is -0.187. The van der Waals surface area contributed by atoms with Crippen molar-refractivity contribution >= 4 is 5.91 Å². The molecule has 0 spiro atoms. The Morgan fingerprint density at radius 2 is 1.93 bits per heavy atom. The normalized spacial score (nSPS) is 24.3. The number of carbonyl (C=O) groups is 1. The van der Waals surface area contributed by atoms with Gasteiger partial charge in [0.05, 0.1) is 6.61 Å². The van der Waals surface area contributed by atoms with E-state index in [9.17, 15) is 28.2 Å². The lowest BCUT2D eigenvalue weighted by Crippen LogP contribution is -2.56. The number of aromatic nitrogens is 3. The molecule has 1 aliphatic rings. The van der Waals surface area contributed by atoms with Crippen LogP contribution in [0.15, 0.2) is 30.3 Å². The van der Waals surface area contributed by atoms with Crippen LogP contribution in [0, 0.1) is 0 Å². The summed E-state index contributed by atoms with van der Waals surface area (Å²) in [6, 6.07) is 5.71. The van der Waals surface area contributed by atoms with Gasteiger partial charge in [-0.3, -0.25) is 4.79 Å². The number of carbonyl (C=O) groups excluding carboxylic acids is 1. The first-order valence-corrected chi connectivity index (χ1v) is 8.60. The minimum atomic E-state index is -4.65. The van der Waals surface area contributed by atoms with Gasteiger partial charge in [-0.1, -0.05) is 6.07 Å². The average Bonchev–Trinajstić information content (AvgIpc) is 2.71. The summed E-state index contributed by atoms with van der Waals surface area (Å²) in [5, 5.41) is 27.7. The van der Waals surface area contributed by atoms with E-state index in [1.54, 1.807) is 0 Å². The summed E-state index contributed by atoms with van der Waals surface area (Å²) in [5.74, 6) is -1.11. The van der Waals surface area contributed by atoms with Gasteiger partial charge in [-0.25, -0.2) is 4.98 Å². The number of aliphatic hydroxyl groups is 2. The Morgan fingerprint density at radius 3 is 2.57 bits per heavy atom. The molecule has 0 aliphatic carbocycles. The van der Waals surface area contributed by atoms with Crippen LogP contribution in [0.1, 0.15) is 16.2 Å². The number of pyridine rings is 1. The van der Waals surface area contributed by atoms with E-state index in [4.69, 9.17) is 19.9 Å². The van der Waals surface area contributed by atoms with E-state index in [-0.39, 0.29) is 30.7 Å². The Hall–Kier alpha value is -3.03. The van der Waals surface area contributed by atoms with Crippen molar-refractivity contribution in [2.24, 2.45) is 5.73 Å². The Balaban J connectivity index is 1.57. The van der Waals surface area contributed by atoms with Crippen molar-refractivity contribution in [1.29, 1.82) is 0 Å². The van der Waals surface area contributed by atoms with Crippen LogP contribution in [0.4, 0.5) is 13.2 Å². The van der Waals surface area contributed by atoms with Gasteiger partial charge in [-0.15, -0.1) is 10.2 Å². The number of hydrogen-bond acceptors (Lipinski definition) is 9. The van der Waals surface area contributed by atoms with Crippen molar-refractivity contribution in [2.75, 3.05) is 13.2 Å². The highest BCUT2D eigenvalue weighted by atomic mass is 19.4. The third-order valence-corrected chi connectivity index (χ3v) is 4.16. The molecule has 1 aliphatic heterocycles. The lowest BCUT2D eigenvalue weighted by Gasteiger charge is -2.37. The summed E-state index contributed by atoms with van der Waals surface area (Å²) in [6.07, 6.45) is -9.73. The second-order valence-electron chi connectivity index (χ2n) is 6.30. The fraction of sp³-hybridized carbons (Fsp3) is 0.412. The molecular weight excluding hydrogens is 413 g/mol. The smallest absolute Gasteiger partial charge is 0.433 e. The van der Waals surface area contributed by atoms with Crippen LogP contribution in [0.5, 0.6) is 11.8 Å². The molecule has 0 saturated carbocycles. The van der Waals surface area contributed by atoms with Crippen molar-refractivity contribution < 1.29 is 42.4 Å². The lowest BCUT2D eigenvalue weighted by atomic mass is 10.0. The molecule has 1 fully saturated rings. The zero-order valence-corrected chi connectivity index (χ0v) is 15.2. The summed E-state index contributed by atoms with van der Waals surface area (Å²) in [7, 11) is 0. The van der Waals surface area contributed by atoms with E-state index >= 15 is 0 Å². The third kappa shape index (κ3) is 5.11. The number of halogens is 3. The van der Waals surface area contributed by atoms with Gasteiger partial charge in [0.2, 0.25) is 11.8 Å². The number of nitrogens with zero attached hydrogens (tertiary/aromatic N) is 3. The zero-order valence-electron chi connectivity index (χ0n) is 15.2. The summed E-state index contributed by atoms with van der Waals surface area (Å²) >= 11 is 0. The zero-order chi connectivity index (χ0) is 21.9. The van der Waals surface area contributed by atoms with Crippen LogP contribution in [0.2, 0.25) is 0 Å². The predicted molar refractivity (Wildman–Crippen MR) is 91.5 cm³/mol. The maximum atomic E-state index is 12.7. The van der Waals surface area contributed by atoms with Crippen molar-refractivity contribution in [3.63, 3.8) is 0 Å². The van der Waals surface area contributed by atoms with Crippen LogP contribution in [-0.4, -0.2) is 68.9 Å². The van der Waals surface area contributed by atoms with Crippen LogP contribution in [0.3, 0.4) is 0 Å². The summed E-state index contributed by atoms with van der Waals surface area (Å²) in [6.45, 7) is -0.464. The van der Waals surface area contributed by atoms with Crippen molar-refractivity contribution in [2.45, 2.75) is 30.6 Å². The van der Waals surface area contributed by atoms with E-state index in [1.807, 2.05) is 0 Å². The Bertz CT molecular complexity index is 883. The fourth-order valence-electron chi connectivity index (χ4n) is 2.60. The first-order chi connectivity index (χ1) is 14.1. The molecule has 0 radical (unpaired) electrons. The maximum absolute atomic E-state index is 12.7. The molecular formula is C17H17F3N4O6. The molecule has 162 valence electrons. The molecule has 2 aromatic heterocycles. The highest BCUT2D eigenvalue weighted by Gasteiger charge is 2.41. The van der Waals surface area contributed by atoms with Gasteiger partial charge in [0.15, 0.2) is 11.8 Å². The van der Waals surface area contributed by atoms with E-state index in [2.05, 4.69) is 15.2 Å². The number of ether oxygens (including phenoxy) is 3. The number of hydrogen-bond donors (Lipinski definition) is 3. The monoisotopic (exact) mass is 430 g/mol. The quantitative estimate of drug-likeness (QED) is 0.573. The first kappa shape index (κ1) is 21.7. The maximum Gasteiger partial charge on any atom is 0.433 e. The highest BCUT2D eigenvalue weighted by Crippen LogP contribution is 2.29. The molecule has 3 heterocycles. The SMILES string of the molecule is NC(=O)c1ccc(OC[C@H]2OC[C@H](Oc3cccc(C(F)(F)F)n3)[C@@H](O)[C@H]2O)nn1. The predicted octanol–water partition coefficient (Wildman–Crippen LogP) is -0.0637. The Labute approximate surface area is 167 Å². The number of aliphatic hydroxyl groups excluding tert-OH is 2. The molecule has 2 aromatic rings. The summed E-state index contributed by atoms with van der Waals surface area (Å²) < 4.78 is 54.2. The van der Waals surface area contributed by atoms with Crippen LogP contribution in [0.25, 0.3) is 0 Å². The molecule has 30 heavy (non-hydrogen) atoms. The van der Waals surface area contributed by atoms with E-state index in [0.717, 1.165) is 12.1 Å². The van der Waals surface area contributed by atoms with Gasteiger partial charge >= 0.3 is 6.18 Å². The molecule has 0 unspecified atom stereocenters. The van der Waals surface area contributed by atoms with Gasteiger partial charge in [0, 0.05) is 12.1 Å². The Morgan fingerprint density at radius 1 is 1.17 bits per heavy atom. The van der Waals surface area contributed by atoms with Crippen LogP contribution < -0.4 is 15.2 Å². The van der Waals surface area contributed by atoms with Gasteiger partial charge in [-0.05, 0) is 12.1 Å². The van der Waals surface area contributed by atoms with Gasteiger partial charge in [-0.2, -0.15) is 13.2 Å². The number of alkyl halides is 3. The topological polar surface area (TPSA) is 150 Å². The fourth-order valence-corrected chi connectivity index (χ4v) is 2.60. The molecule has 0 bridgehead atoms. The van der Waals surface area contributed by atoms with Crippen molar-refractivity contribution in [3.8, 4) is 11.8 Å². The molecule has 4 N–H and O–H groups in total. The second kappa shape index (κ2) is 8.77. The van der Waals surface area contributed by atoms with Crippen LogP contribution in [-0.2, 0) is 10.9 Å². The third-order valence-electron chi connectivity index (χ3n) is 4.16. The number of rotatable bonds is 6. The largest absolute Gasteiger partial charge is 0.474 e. The van der Waals surface area contributed by atoms with E-state index in [1.165, 1.54) is 18.2 Å². The molecule has 3 rings (SSSR count). The van der Waals surface area contributed by atoms with E-state index in [0.29, 0.717) is 0 Å². The average molecular weight is 430 g/mol. The first-order valence-electron chi connectivity index (χ1n) is 8.60. The minimum absolute atomic E-state index is 0.0248.